The number of fused-ring (bicyclic) bond motifs is 1. The standard InChI is InChI=1S/C15H19/c1-3-7-13-11-15-9-6-4-5-8-14(15)10-12(13)2/h3,7,10-11H,2,4-6,8-9H2,1H3/b7-3-. The highest BCUT2D eigenvalue weighted by Crippen LogP contribution is 2.24. The zero-order valence-corrected chi connectivity index (χ0v) is 9.55. The van der Waals surface area contributed by atoms with Gasteiger partial charge in [-0.25, -0.2) is 0 Å². The van der Waals surface area contributed by atoms with Crippen LogP contribution in [-0.2, 0) is 12.8 Å². The molecule has 1 radical (unpaired) electrons. The van der Waals surface area contributed by atoms with Gasteiger partial charge < -0.3 is 0 Å². The highest BCUT2D eigenvalue weighted by atomic mass is 14.1. The molecule has 15 heavy (non-hydrogen) atoms. The molecule has 1 aromatic rings. The van der Waals surface area contributed by atoms with Crippen LogP contribution in [0.15, 0.2) is 18.2 Å². The average Bonchev–Trinajstić information content (AvgIpc) is 2.44. The quantitative estimate of drug-likeness (QED) is 0.595. The monoisotopic (exact) mass is 199 g/mol. The molecule has 0 saturated heterocycles. The van der Waals surface area contributed by atoms with Gasteiger partial charge in [0.1, 0.15) is 0 Å². The smallest absolute Gasteiger partial charge is 0.0225 e. The van der Waals surface area contributed by atoms with Crippen molar-refractivity contribution < 1.29 is 0 Å². The zero-order chi connectivity index (χ0) is 10.7. The molecule has 0 fully saturated rings. The number of allylic oxidation sites excluding steroid dienone is 1. The van der Waals surface area contributed by atoms with Gasteiger partial charge >= 0.3 is 0 Å². The van der Waals surface area contributed by atoms with Crippen LogP contribution in [0.5, 0.6) is 0 Å². The van der Waals surface area contributed by atoms with Crippen molar-refractivity contribution in [3.05, 3.63) is 47.4 Å². The van der Waals surface area contributed by atoms with Gasteiger partial charge in [-0.05, 0) is 61.8 Å². The van der Waals surface area contributed by atoms with Gasteiger partial charge in [-0.3, -0.25) is 0 Å². The Kier molecular flexibility index (Phi) is 3.25. The van der Waals surface area contributed by atoms with Crippen LogP contribution in [0.2, 0.25) is 0 Å². The third-order valence-corrected chi connectivity index (χ3v) is 3.20. The molecule has 0 unspecified atom stereocenters. The van der Waals surface area contributed by atoms with Crippen LogP contribution in [0.25, 0.3) is 6.08 Å². The zero-order valence-electron chi connectivity index (χ0n) is 9.55. The predicted molar refractivity (Wildman–Crippen MR) is 66.9 cm³/mol. The van der Waals surface area contributed by atoms with E-state index in [0.29, 0.717) is 0 Å². The lowest BCUT2D eigenvalue weighted by molar-refractivity contribution is 0.711. The molecule has 0 saturated carbocycles. The van der Waals surface area contributed by atoms with E-state index < -0.39 is 0 Å². The first-order chi connectivity index (χ1) is 7.31. The lowest BCUT2D eigenvalue weighted by Crippen LogP contribution is -1.94. The molecule has 0 atom stereocenters. The highest BCUT2D eigenvalue weighted by Gasteiger charge is 2.09. The van der Waals surface area contributed by atoms with E-state index in [9.17, 15) is 0 Å². The first kappa shape index (κ1) is 10.5. The van der Waals surface area contributed by atoms with Gasteiger partial charge in [0.05, 0.1) is 0 Å². The minimum absolute atomic E-state index is 1.17. The molecular formula is C15H19. The summed E-state index contributed by atoms with van der Waals surface area (Å²) in [5, 5.41) is 0. The Balaban J connectivity index is 2.42. The van der Waals surface area contributed by atoms with Gasteiger partial charge in [0.25, 0.3) is 0 Å². The molecule has 0 bridgehead atoms. The van der Waals surface area contributed by atoms with E-state index in [-0.39, 0.29) is 0 Å². The number of aryl methyl sites for hydroxylation is 2. The van der Waals surface area contributed by atoms with E-state index in [2.05, 4.69) is 38.1 Å². The van der Waals surface area contributed by atoms with Gasteiger partial charge in [0, 0.05) is 0 Å². The first-order valence-electron chi connectivity index (χ1n) is 5.91. The van der Waals surface area contributed by atoms with E-state index in [0.717, 1.165) is 0 Å². The molecule has 0 N–H and O–H groups in total. The fourth-order valence-corrected chi connectivity index (χ4v) is 2.37. The molecule has 1 aliphatic rings. The van der Waals surface area contributed by atoms with Crippen LogP contribution >= 0.6 is 0 Å². The number of benzene rings is 1. The van der Waals surface area contributed by atoms with Gasteiger partial charge in [-0.2, -0.15) is 0 Å². The Hall–Kier alpha value is -1.04. The largest absolute Gasteiger partial charge is 0.0871 e. The second kappa shape index (κ2) is 4.65. The fraction of sp³-hybridized carbons (Fsp3) is 0.400. The molecular weight excluding hydrogens is 180 g/mol. The predicted octanol–water partition coefficient (Wildman–Crippen LogP) is 4.17. The maximum atomic E-state index is 4.13. The lowest BCUT2D eigenvalue weighted by Gasteiger charge is -2.09. The Bertz CT molecular complexity index is 372. The first-order valence-corrected chi connectivity index (χ1v) is 5.91. The highest BCUT2D eigenvalue weighted by molar-refractivity contribution is 5.57. The third-order valence-electron chi connectivity index (χ3n) is 3.20. The molecule has 0 spiro atoms. The molecule has 1 aliphatic carbocycles. The van der Waals surface area contributed by atoms with Crippen LogP contribution in [0, 0.1) is 6.92 Å². The van der Waals surface area contributed by atoms with Gasteiger partial charge in [-0.15, -0.1) is 0 Å². The van der Waals surface area contributed by atoms with Crippen LogP contribution in [0.4, 0.5) is 0 Å². The Morgan fingerprint density at radius 1 is 1.07 bits per heavy atom. The maximum absolute atomic E-state index is 4.13. The van der Waals surface area contributed by atoms with E-state index in [1.807, 2.05) is 0 Å². The van der Waals surface area contributed by atoms with E-state index in [1.54, 1.807) is 5.56 Å². The van der Waals surface area contributed by atoms with Crippen LogP contribution < -0.4 is 0 Å². The molecule has 79 valence electrons. The summed E-state index contributed by atoms with van der Waals surface area (Å²) in [4.78, 5) is 0. The minimum Gasteiger partial charge on any atom is -0.0871 e. The van der Waals surface area contributed by atoms with Crippen LogP contribution in [-0.4, -0.2) is 0 Å². The summed E-state index contributed by atoms with van der Waals surface area (Å²) in [6.07, 6.45) is 10.8. The molecule has 0 nitrogen and oxygen atoms in total. The number of hydrogen-bond donors (Lipinski definition) is 0. The molecule has 0 aromatic heterocycles. The Morgan fingerprint density at radius 3 is 2.40 bits per heavy atom. The van der Waals surface area contributed by atoms with Gasteiger partial charge in [0.15, 0.2) is 0 Å². The van der Waals surface area contributed by atoms with Crippen LogP contribution in [0.1, 0.15) is 48.4 Å². The third kappa shape index (κ3) is 2.31. The summed E-state index contributed by atoms with van der Waals surface area (Å²) in [7, 11) is 0. The summed E-state index contributed by atoms with van der Waals surface area (Å²) >= 11 is 0. The lowest BCUT2D eigenvalue weighted by atomic mass is 9.96. The fourth-order valence-electron chi connectivity index (χ4n) is 2.37. The minimum atomic E-state index is 1.17. The summed E-state index contributed by atoms with van der Waals surface area (Å²) in [5.74, 6) is 0. The van der Waals surface area contributed by atoms with Crippen LogP contribution in [0.3, 0.4) is 0 Å². The van der Waals surface area contributed by atoms with E-state index >= 15 is 0 Å². The van der Waals surface area contributed by atoms with Gasteiger partial charge in [0.2, 0.25) is 0 Å². The summed E-state index contributed by atoms with van der Waals surface area (Å²) in [6, 6.07) is 4.62. The summed E-state index contributed by atoms with van der Waals surface area (Å²) in [6.45, 7) is 6.19. The molecule has 0 amide bonds. The second-order valence-electron chi connectivity index (χ2n) is 4.38. The summed E-state index contributed by atoms with van der Waals surface area (Å²) in [5.41, 5.74) is 5.55. The topological polar surface area (TPSA) is 0 Å². The van der Waals surface area contributed by atoms with E-state index in [4.69, 9.17) is 0 Å². The van der Waals surface area contributed by atoms with Crippen molar-refractivity contribution in [2.45, 2.75) is 39.0 Å². The van der Waals surface area contributed by atoms with Crippen molar-refractivity contribution >= 4 is 6.08 Å². The summed E-state index contributed by atoms with van der Waals surface area (Å²) < 4.78 is 0. The maximum Gasteiger partial charge on any atom is -0.0225 e. The van der Waals surface area contributed by atoms with Crippen molar-refractivity contribution in [1.82, 2.24) is 0 Å². The molecule has 0 aliphatic heterocycles. The number of rotatable bonds is 1. The normalized spacial score (nSPS) is 16.4. The van der Waals surface area contributed by atoms with Crippen molar-refractivity contribution in [3.8, 4) is 0 Å². The molecule has 0 heterocycles. The average molecular weight is 199 g/mol. The van der Waals surface area contributed by atoms with E-state index in [1.165, 1.54) is 48.8 Å². The van der Waals surface area contributed by atoms with Gasteiger partial charge in [-0.1, -0.05) is 30.7 Å². The Morgan fingerprint density at radius 2 is 1.73 bits per heavy atom. The van der Waals surface area contributed by atoms with Crippen molar-refractivity contribution in [2.75, 3.05) is 0 Å². The van der Waals surface area contributed by atoms with Crippen molar-refractivity contribution in [3.63, 3.8) is 0 Å². The number of hydrogen-bond acceptors (Lipinski definition) is 0. The second-order valence-corrected chi connectivity index (χ2v) is 4.38. The van der Waals surface area contributed by atoms with Crippen molar-refractivity contribution in [1.29, 1.82) is 0 Å². The SMILES string of the molecule is [CH2]c1cc2c(cc1/C=C\C)CCCCC2. The molecule has 1 aromatic carbocycles. The Labute approximate surface area is 93.0 Å². The molecule has 2 rings (SSSR count). The van der Waals surface area contributed by atoms with Crippen molar-refractivity contribution in [2.24, 2.45) is 0 Å². The molecule has 0 heteroatoms.